The average Bonchev–Trinajstić information content (AvgIpc) is 3.33. The second-order valence-electron chi connectivity index (χ2n) is 7.32. The zero-order chi connectivity index (χ0) is 22.5. The Labute approximate surface area is 185 Å². The Hall–Kier alpha value is -4.26. The van der Waals surface area contributed by atoms with Crippen molar-refractivity contribution >= 4 is 11.8 Å². The van der Waals surface area contributed by atoms with Crippen LogP contribution in [0.25, 0.3) is 22.9 Å². The van der Waals surface area contributed by atoms with E-state index >= 15 is 0 Å². The number of amides is 2. The molecule has 7 nitrogen and oxygen atoms in total. The maximum Gasteiger partial charge on any atom is 0.251 e. The molecule has 0 saturated heterocycles. The zero-order valence-electron chi connectivity index (χ0n) is 17.8. The first-order valence-corrected chi connectivity index (χ1v) is 10.1. The van der Waals surface area contributed by atoms with Gasteiger partial charge >= 0.3 is 0 Å². The molecule has 160 valence electrons. The van der Waals surface area contributed by atoms with E-state index in [4.69, 9.17) is 4.42 Å². The van der Waals surface area contributed by atoms with Crippen LogP contribution in [-0.4, -0.2) is 29.1 Å². The van der Waals surface area contributed by atoms with Crippen molar-refractivity contribution < 1.29 is 14.0 Å². The lowest BCUT2D eigenvalue weighted by molar-refractivity contribution is 0.0948. The molecule has 0 atom stereocenters. The van der Waals surface area contributed by atoms with Crippen molar-refractivity contribution in [2.45, 2.75) is 13.5 Å². The summed E-state index contributed by atoms with van der Waals surface area (Å²) < 4.78 is 5.80. The van der Waals surface area contributed by atoms with E-state index in [9.17, 15) is 9.59 Å². The van der Waals surface area contributed by atoms with Gasteiger partial charge in [0.2, 0.25) is 11.8 Å². The maximum absolute atomic E-state index is 12.5. The van der Waals surface area contributed by atoms with Crippen LogP contribution in [0, 0.1) is 6.92 Å². The summed E-state index contributed by atoms with van der Waals surface area (Å²) >= 11 is 0. The molecule has 4 aromatic rings. The van der Waals surface area contributed by atoms with Crippen LogP contribution in [0.2, 0.25) is 0 Å². The van der Waals surface area contributed by atoms with Crippen molar-refractivity contribution in [3.8, 4) is 22.9 Å². The van der Waals surface area contributed by atoms with Gasteiger partial charge in [-0.1, -0.05) is 29.8 Å². The summed E-state index contributed by atoms with van der Waals surface area (Å²) in [6.45, 7) is 2.32. The van der Waals surface area contributed by atoms with E-state index in [1.165, 1.54) is 0 Å². The number of aromatic nitrogens is 2. The smallest absolute Gasteiger partial charge is 0.251 e. The number of carbonyl (C=O) groups is 2. The number of nitrogens with one attached hydrogen (secondary N) is 2. The number of rotatable bonds is 6. The van der Waals surface area contributed by atoms with Crippen LogP contribution in [0.4, 0.5) is 0 Å². The van der Waals surface area contributed by atoms with Gasteiger partial charge in [0.25, 0.3) is 11.8 Å². The highest BCUT2D eigenvalue weighted by molar-refractivity contribution is 5.95. The molecule has 2 N–H and O–H groups in total. The topological polar surface area (TPSA) is 97.1 Å². The molecule has 0 aliphatic rings. The Kier molecular flexibility index (Phi) is 6.07. The largest absolute Gasteiger partial charge is 0.416 e. The molecule has 1 aromatic heterocycles. The van der Waals surface area contributed by atoms with Crippen LogP contribution < -0.4 is 10.6 Å². The summed E-state index contributed by atoms with van der Waals surface area (Å²) in [7, 11) is 1.58. The van der Waals surface area contributed by atoms with Crippen LogP contribution in [0.1, 0.15) is 31.8 Å². The molecule has 0 aliphatic carbocycles. The van der Waals surface area contributed by atoms with E-state index < -0.39 is 0 Å². The van der Waals surface area contributed by atoms with Crippen molar-refractivity contribution in [2.24, 2.45) is 0 Å². The molecule has 7 heteroatoms. The van der Waals surface area contributed by atoms with Gasteiger partial charge < -0.3 is 15.1 Å². The van der Waals surface area contributed by atoms with E-state index in [-0.39, 0.29) is 11.8 Å². The molecule has 0 radical (unpaired) electrons. The molecule has 0 saturated carbocycles. The second kappa shape index (κ2) is 9.26. The third-order valence-electron chi connectivity index (χ3n) is 4.95. The Morgan fingerprint density at radius 3 is 2.25 bits per heavy atom. The number of carbonyl (C=O) groups excluding carboxylic acids is 2. The van der Waals surface area contributed by atoms with Crippen LogP contribution in [-0.2, 0) is 6.54 Å². The second-order valence-corrected chi connectivity index (χ2v) is 7.32. The fourth-order valence-corrected chi connectivity index (χ4v) is 3.25. The Morgan fingerprint density at radius 2 is 1.53 bits per heavy atom. The van der Waals surface area contributed by atoms with Crippen LogP contribution >= 0.6 is 0 Å². The quantitative estimate of drug-likeness (QED) is 0.486. The predicted molar refractivity (Wildman–Crippen MR) is 121 cm³/mol. The van der Waals surface area contributed by atoms with Gasteiger partial charge in [0.05, 0.1) is 0 Å². The maximum atomic E-state index is 12.5. The monoisotopic (exact) mass is 426 g/mol. The van der Waals surface area contributed by atoms with Gasteiger partial charge in [-0.2, -0.15) is 0 Å². The number of nitrogens with zero attached hydrogens (tertiary/aromatic N) is 2. The zero-order valence-corrected chi connectivity index (χ0v) is 17.8. The van der Waals surface area contributed by atoms with E-state index in [0.29, 0.717) is 29.5 Å². The molecular weight excluding hydrogens is 404 g/mol. The lowest BCUT2D eigenvalue weighted by Gasteiger charge is -2.07. The third-order valence-corrected chi connectivity index (χ3v) is 4.95. The van der Waals surface area contributed by atoms with Gasteiger partial charge in [0.15, 0.2) is 0 Å². The summed E-state index contributed by atoms with van der Waals surface area (Å²) in [4.78, 5) is 24.3. The number of benzene rings is 3. The van der Waals surface area contributed by atoms with Crippen molar-refractivity contribution in [1.29, 1.82) is 0 Å². The molecular formula is C25H22N4O3. The lowest BCUT2D eigenvalue weighted by Crippen LogP contribution is -2.23. The minimum absolute atomic E-state index is 0.166. The van der Waals surface area contributed by atoms with Gasteiger partial charge in [-0.15, -0.1) is 10.2 Å². The minimum atomic E-state index is -0.215. The molecule has 0 unspecified atom stereocenters. The molecule has 0 spiro atoms. The summed E-state index contributed by atoms with van der Waals surface area (Å²) in [5.74, 6) is 0.456. The third kappa shape index (κ3) is 4.73. The first-order chi connectivity index (χ1) is 15.5. The van der Waals surface area contributed by atoms with Crippen LogP contribution in [0.5, 0.6) is 0 Å². The van der Waals surface area contributed by atoms with Gasteiger partial charge in [-0.25, -0.2) is 0 Å². The highest BCUT2D eigenvalue weighted by atomic mass is 16.4. The van der Waals surface area contributed by atoms with Crippen LogP contribution in [0.15, 0.2) is 77.2 Å². The minimum Gasteiger partial charge on any atom is -0.416 e. The van der Waals surface area contributed by atoms with E-state index in [2.05, 4.69) is 20.8 Å². The van der Waals surface area contributed by atoms with Crippen LogP contribution in [0.3, 0.4) is 0 Å². The van der Waals surface area contributed by atoms with Gasteiger partial charge in [0.1, 0.15) is 0 Å². The first kappa shape index (κ1) is 21.0. The molecule has 2 amide bonds. The fourth-order valence-electron chi connectivity index (χ4n) is 3.25. The Balaban J connectivity index is 1.42. The normalized spacial score (nSPS) is 10.6. The highest BCUT2D eigenvalue weighted by Crippen LogP contribution is 2.24. The summed E-state index contributed by atoms with van der Waals surface area (Å²) in [6.07, 6.45) is 0. The van der Waals surface area contributed by atoms with Gasteiger partial charge in [-0.3, -0.25) is 9.59 Å². The van der Waals surface area contributed by atoms with E-state index in [1.54, 1.807) is 49.5 Å². The van der Waals surface area contributed by atoms with Crippen molar-refractivity contribution in [1.82, 2.24) is 20.8 Å². The SMILES string of the molecule is CNC(=O)c1cccc(CNC(=O)c2ccc(-c3nnc(-c4cccc(C)c4)o3)cc2)c1. The number of aryl methyl sites for hydroxylation is 1. The molecule has 0 bridgehead atoms. The Bertz CT molecular complexity index is 1260. The molecule has 0 aliphatic heterocycles. The van der Waals surface area contributed by atoms with Crippen molar-refractivity contribution in [3.63, 3.8) is 0 Å². The number of hydrogen-bond acceptors (Lipinski definition) is 5. The average molecular weight is 426 g/mol. The first-order valence-electron chi connectivity index (χ1n) is 10.1. The lowest BCUT2D eigenvalue weighted by atomic mass is 10.1. The van der Waals surface area contributed by atoms with Crippen molar-refractivity contribution in [3.05, 3.63) is 95.1 Å². The highest BCUT2D eigenvalue weighted by Gasteiger charge is 2.12. The molecule has 0 fully saturated rings. The molecule has 4 rings (SSSR count). The molecule has 3 aromatic carbocycles. The van der Waals surface area contributed by atoms with Gasteiger partial charge in [0, 0.05) is 35.8 Å². The predicted octanol–water partition coefficient (Wildman–Crippen LogP) is 4.00. The standard InChI is InChI=1S/C25H22N4O3/c1-16-5-3-8-21(13-16)25-29-28-24(32-25)19-11-9-18(10-12-19)23(31)27-15-17-6-4-7-20(14-17)22(30)26-2/h3-14H,15H2,1-2H3,(H,26,30)(H,27,31). The van der Waals surface area contributed by atoms with Crippen molar-refractivity contribution in [2.75, 3.05) is 7.05 Å². The van der Waals surface area contributed by atoms with Gasteiger partial charge in [-0.05, 0) is 61.0 Å². The fraction of sp³-hybridized carbons (Fsp3) is 0.120. The van der Waals surface area contributed by atoms with E-state index in [1.807, 2.05) is 37.3 Å². The molecule has 1 heterocycles. The summed E-state index contributed by atoms with van der Waals surface area (Å²) in [5.41, 5.74) is 4.60. The Morgan fingerprint density at radius 1 is 0.812 bits per heavy atom. The summed E-state index contributed by atoms with van der Waals surface area (Å²) in [6, 6.07) is 21.9. The number of hydrogen-bond donors (Lipinski definition) is 2. The van der Waals surface area contributed by atoms with E-state index in [0.717, 1.165) is 22.3 Å². The summed E-state index contributed by atoms with van der Waals surface area (Å²) in [5, 5.41) is 13.7. The molecule has 32 heavy (non-hydrogen) atoms.